The quantitative estimate of drug-likeness (QED) is 0.795. The zero-order valence-electron chi connectivity index (χ0n) is 12.4. The van der Waals surface area contributed by atoms with E-state index in [4.69, 9.17) is 4.74 Å². The molecule has 1 aliphatic rings. The molecule has 1 fully saturated rings. The molecule has 1 aliphatic heterocycles. The number of benzene rings is 1. The van der Waals surface area contributed by atoms with E-state index in [-0.39, 0.29) is 23.2 Å². The van der Waals surface area contributed by atoms with Gasteiger partial charge >= 0.3 is 0 Å². The average Bonchev–Trinajstić information content (AvgIpc) is 3.11. The summed E-state index contributed by atoms with van der Waals surface area (Å²) in [6.45, 7) is 0. The van der Waals surface area contributed by atoms with Crippen LogP contribution in [0.3, 0.4) is 0 Å². The molecule has 0 saturated carbocycles. The Morgan fingerprint density at radius 3 is 2.57 bits per heavy atom. The maximum atomic E-state index is 11.7. The number of carboxylic acid groups (broad SMARTS) is 1. The summed E-state index contributed by atoms with van der Waals surface area (Å²) < 4.78 is 30.0. The van der Waals surface area contributed by atoms with Gasteiger partial charge in [-0.2, -0.15) is 5.10 Å². The summed E-state index contributed by atoms with van der Waals surface area (Å²) in [5.41, 5.74) is 1.07. The third-order valence-electron chi connectivity index (χ3n) is 3.88. The second-order valence-corrected chi connectivity index (χ2v) is 7.66. The number of hydrogen-bond donors (Lipinski definition) is 0. The van der Waals surface area contributed by atoms with Crippen molar-refractivity contribution >= 4 is 15.8 Å². The van der Waals surface area contributed by atoms with Gasteiger partial charge < -0.3 is 14.6 Å². The standard InChI is InChI=1S/C15H16N2O5S/c1-22-12-4-2-10(3-5-12)14-8-13(15(18)19)16-17(14)11-6-7-23(20,21)9-11/h2-5,8,11H,6-7,9H2,1H3,(H,18,19)/p-1/t11-/m0/s1. The number of carbonyl (C=O) groups is 1. The van der Waals surface area contributed by atoms with Crippen molar-refractivity contribution in [2.75, 3.05) is 18.6 Å². The van der Waals surface area contributed by atoms with Crippen molar-refractivity contribution in [3.05, 3.63) is 36.0 Å². The minimum atomic E-state index is -3.11. The number of methoxy groups -OCH3 is 1. The Bertz CT molecular complexity index is 839. The van der Waals surface area contributed by atoms with Crippen molar-refractivity contribution in [3.63, 3.8) is 0 Å². The van der Waals surface area contributed by atoms with Gasteiger partial charge in [0.05, 0.1) is 36.3 Å². The third-order valence-corrected chi connectivity index (χ3v) is 5.64. The number of ether oxygens (including phenoxy) is 1. The molecular weight excluding hydrogens is 320 g/mol. The van der Waals surface area contributed by atoms with Gasteiger partial charge in [0.2, 0.25) is 0 Å². The Morgan fingerprint density at radius 2 is 2.04 bits per heavy atom. The first-order valence-electron chi connectivity index (χ1n) is 7.05. The minimum absolute atomic E-state index is 0.0374. The molecule has 0 aliphatic carbocycles. The van der Waals surface area contributed by atoms with Crippen LogP contribution in [0.1, 0.15) is 23.0 Å². The molecule has 0 N–H and O–H groups in total. The molecule has 0 radical (unpaired) electrons. The fraction of sp³-hybridized carbons (Fsp3) is 0.333. The zero-order chi connectivity index (χ0) is 16.6. The van der Waals surface area contributed by atoms with Crippen LogP contribution >= 0.6 is 0 Å². The summed E-state index contributed by atoms with van der Waals surface area (Å²) in [6.07, 6.45) is 0.416. The first-order valence-corrected chi connectivity index (χ1v) is 8.87. The predicted octanol–water partition coefficient (Wildman–Crippen LogP) is 0.282. The lowest BCUT2D eigenvalue weighted by Crippen LogP contribution is -2.23. The number of hydrogen-bond acceptors (Lipinski definition) is 6. The monoisotopic (exact) mass is 335 g/mol. The van der Waals surface area contributed by atoms with E-state index in [0.717, 1.165) is 5.56 Å². The summed E-state index contributed by atoms with van der Waals surface area (Å²) >= 11 is 0. The van der Waals surface area contributed by atoms with Crippen LogP contribution in [0.5, 0.6) is 5.75 Å². The van der Waals surface area contributed by atoms with Crippen molar-refractivity contribution in [1.29, 1.82) is 0 Å². The number of carboxylic acids is 1. The van der Waals surface area contributed by atoms with Gasteiger partial charge in [-0.3, -0.25) is 4.68 Å². The van der Waals surface area contributed by atoms with Crippen LogP contribution in [-0.4, -0.2) is 42.8 Å². The highest BCUT2D eigenvalue weighted by atomic mass is 32.2. The van der Waals surface area contributed by atoms with E-state index in [0.29, 0.717) is 17.9 Å². The highest BCUT2D eigenvalue weighted by Gasteiger charge is 2.31. The number of nitrogens with zero attached hydrogens (tertiary/aromatic N) is 2. The molecule has 0 unspecified atom stereocenters. The van der Waals surface area contributed by atoms with Crippen molar-refractivity contribution in [3.8, 4) is 17.0 Å². The molecule has 2 heterocycles. The number of rotatable bonds is 4. The molecule has 1 aromatic heterocycles. The number of sulfone groups is 1. The highest BCUT2D eigenvalue weighted by molar-refractivity contribution is 7.91. The molecule has 0 spiro atoms. The van der Waals surface area contributed by atoms with Gasteiger partial charge in [0.15, 0.2) is 9.84 Å². The topological polar surface area (TPSA) is 101 Å². The second-order valence-electron chi connectivity index (χ2n) is 5.43. The molecule has 1 saturated heterocycles. The van der Waals surface area contributed by atoms with Crippen LogP contribution in [0.25, 0.3) is 11.3 Å². The summed E-state index contributed by atoms with van der Waals surface area (Å²) in [7, 11) is -1.56. The lowest BCUT2D eigenvalue weighted by molar-refractivity contribution is -0.255. The molecule has 2 aromatic rings. The summed E-state index contributed by atoms with van der Waals surface area (Å²) in [5, 5.41) is 15.2. The van der Waals surface area contributed by atoms with Crippen LogP contribution in [0.4, 0.5) is 0 Å². The molecule has 0 bridgehead atoms. The predicted molar refractivity (Wildman–Crippen MR) is 80.9 cm³/mol. The molecule has 1 aromatic carbocycles. The van der Waals surface area contributed by atoms with Crippen LogP contribution in [0, 0.1) is 0 Å². The van der Waals surface area contributed by atoms with E-state index in [1.54, 1.807) is 31.4 Å². The minimum Gasteiger partial charge on any atom is -0.543 e. The number of carbonyl (C=O) groups excluding carboxylic acids is 1. The Kier molecular flexibility index (Phi) is 3.85. The Morgan fingerprint density at radius 1 is 1.35 bits per heavy atom. The van der Waals surface area contributed by atoms with Gasteiger partial charge in [0, 0.05) is 5.56 Å². The van der Waals surface area contributed by atoms with E-state index < -0.39 is 15.8 Å². The van der Waals surface area contributed by atoms with E-state index in [9.17, 15) is 18.3 Å². The van der Waals surface area contributed by atoms with Gasteiger partial charge in [0.1, 0.15) is 11.4 Å². The summed E-state index contributed by atoms with van der Waals surface area (Å²) in [6, 6.07) is 8.07. The van der Waals surface area contributed by atoms with Crippen LogP contribution < -0.4 is 9.84 Å². The van der Waals surface area contributed by atoms with Gasteiger partial charge in [-0.1, -0.05) is 0 Å². The number of aromatic carboxylic acids is 1. The third kappa shape index (κ3) is 3.07. The van der Waals surface area contributed by atoms with E-state index in [2.05, 4.69) is 5.10 Å². The van der Waals surface area contributed by atoms with Crippen molar-refractivity contribution in [2.24, 2.45) is 0 Å². The molecule has 3 rings (SSSR count). The fourth-order valence-electron chi connectivity index (χ4n) is 2.72. The average molecular weight is 335 g/mol. The van der Waals surface area contributed by atoms with Crippen molar-refractivity contribution < 1.29 is 23.1 Å². The second kappa shape index (κ2) is 5.69. The normalized spacial score (nSPS) is 19.6. The van der Waals surface area contributed by atoms with Crippen molar-refractivity contribution in [1.82, 2.24) is 9.78 Å². The zero-order valence-corrected chi connectivity index (χ0v) is 13.2. The molecular formula is C15H15N2O5S-. The molecule has 1 atom stereocenters. The largest absolute Gasteiger partial charge is 0.543 e. The van der Waals surface area contributed by atoms with E-state index in [1.165, 1.54) is 10.7 Å². The molecule has 7 nitrogen and oxygen atoms in total. The molecule has 0 amide bonds. The van der Waals surface area contributed by atoms with E-state index in [1.807, 2.05) is 0 Å². The first-order chi connectivity index (χ1) is 10.9. The lowest BCUT2D eigenvalue weighted by Gasteiger charge is -2.13. The maximum Gasteiger partial charge on any atom is 0.152 e. The fourth-order valence-corrected chi connectivity index (χ4v) is 4.41. The summed E-state index contributed by atoms with van der Waals surface area (Å²) in [4.78, 5) is 11.1. The molecule has 8 heteroatoms. The smallest absolute Gasteiger partial charge is 0.152 e. The molecule has 23 heavy (non-hydrogen) atoms. The van der Waals surface area contributed by atoms with E-state index >= 15 is 0 Å². The van der Waals surface area contributed by atoms with Gasteiger partial charge in [0.25, 0.3) is 0 Å². The first kappa shape index (κ1) is 15.5. The number of aromatic nitrogens is 2. The van der Waals surface area contributed by atoms with Crippen molar-refractivity contribution in [2.45, 2.75) is 12.5 Å². The Hall–Kier alpha value is -2.35. The lowest BCUT2D eigenvalue weighted by atomic mass is 10.1. The van der Waals surface area contributed by atoms with Crippen LogP contribution in [0.15, 0.2) is 30.3 Å². The SMILES string of the molecule is COc1ccc(-c2cc(C(=O)[O-])nn2[C@H]2CCS(=O)(=O)C2)cc1. The Labute approximate surface area is 133 Å². The summed E-state index contributed by atoms with van der Waals surface area (Å²) in [5.74, 6) is -0.673. The van der Waals surface area contributed by atoms with Crippen LogP contribution in [-0.2, 0) is 9.84 Å². The van der Waals surface area contributed by atoms with Gasteiger partial charge in [-0.25, -0.2) is 8.42 Å². The maximum absolute atomic E-state index is 11.7. The highest BCUT2D eigenvalue weighted by Crippen LogP contribution is 2.30. The molecule has 122 valence electrons. The Balaban J connectivity index is 2.05. The van der Waals surface area contributed by atoms with Gasteiger partial charge in [-0.15, -0.1) is 0 Å². The van der Waals surface area contributed by atoms with Gasteiger partial charge in [-0.05, 0) is 36.8 Å². The van der Waals surface area contributed by atoms with Crippen LogP contribution in [0.2, 0.25) is 0 Å².